The number of methoxy groups -OCH3 is 1. The first-order chi connectivity index (χ1) is 10.3. The highest BCUT2D eigenvalue weighted by molar-refractivity contribution is 7.18. The average Bonchev–Trinajstić information content (AvgIpc) is 3.07. The van der Waals surface area contributed by atoms with Crippen LogP contribution in [0.25, 0.3) is 21.6 Å². The summed E-state index contributed by atoms with van der Waals surface area (Å²) < 4.78 is 5.23. The standard InChI is InChI=1S/C16H14N2O2S/c1-20-10-5-2-4-9(8-10)14-17-15(19)13-11-6-3-7-12(11)21-16(13)18-14/h2,4-5,8H,3,6-7H2,1H3,(H,17,18,19). The average molecular weight is 298 g/mol. The fourth-order valence-electron chi connectivity index (χ4n) is 2.91. The van der Waals surface area contributed by atoms with Crippen LogP contribution in [0.2, 0.25) is 0 Å². The molecule has 0 amide bonds. The van der Waals surface area contributed by atoms with E-state index in [0.717, 1.165) is 40.8 Å². The normalized spacial score (nSPS) is 13.6. The van der Waals surface area contributed by atoms with Crippen molar-refractivity contribution in [3.63, 3.8) is 0 Å². The molecule has 5 heteroatoms. The Labute approximate surface area is 125 Å². The number of hydrogen-bond acceptors (Lipinski definition) is 4. The van der Waals surface area contributed by atoms with Gasteiger partial charge in [-0.3, -0.25) is 4.79 Å². The molecule has 1 N–H and O–H groups in total. The lowest BCUT2D eigenvalue weighted by Crippen LogP contribution is -2.09. The monoisotopic (exact) mass is 298 g/mol. The third kappa shape index (κ3) is 1.96. The highest BCUT2D eigenvalue weighted by Gasteiger charge is 2.21. The summed E-state index contributed by atoms with van der Waals surface area (Å²) in [5.41, 5.74) is 2.04. The molecule has 0 aliphatic heterocycles. The van der Waals surface area contributed by atoms with Crippen LogP contribution in [0.4, 0.5) is 0 Å². The zero-order valence-corrected chi connectivity index (χ0v) is 12.4. The minimum atomic E-state index is -0.0304. The quantitative estimate of drug-likeness (QED) is 0.790. The summed E-state index contributed by atoms with van der Waals surface area (Å²) in [6.45, 7) is 0. The van der Waals surface area contributed by atoms with Gasteiger partial charge in [0.15, 0.2) is 0 Å². The number of ether oxygens (including phenoxy) is 1. The highest BCUT2D eigenvalue weighted by Crippen LogP contribution is 2.35. The number of thiophene rings is 1. The molecule has 0 saturated heterocycles. The molecule has 21 heavy (non-hydrogen) atoms. The van der Waals surface area contributed by atoms with Gasteiger partial charge in [0.25, 0.3) is 5.56 Å². The van der Waals surface area contributed by atoms with Gasteiger partial charge in [-0.25, -0.2) is 4.98 Å². The Morgan fingerprint density at radius 3 is 3.10 bits per heavy atom. The second-order valence-electron chi connectivity index (χ2n) is 5.18. The number of aromatic nitrogens is 2. The van der Waals surface area contributed by atoms with Gasteiger partial charge >= 0.3 is 0 Å². The van der Waals surface area contributed by atoms with Crippen molar-refractivity contribution in [1.82, 2.24) is 9.97 Å². The Morgan fingerprint density at radius 2 is 2.24 bits per heavy atom. The third-order valence-electron chi connectivity index (χ3n) is 3.92. The van der Waals surface area contributed by atoms with Crippen molar-refractivity contribution in [2.45, 2.75) is 19.3 Å². The van der Waals surface area contributed by atoms with E-state index >= 15 is 0 Å². The summed E-state index contributed by atoms with van der Waals surface area (Å²) in [5.74, 6) is 1.36. The van der Waals surface area contributed by atoms with Crippen LogP contribution in [0.15, 0.2) is 29.1 Å². The predicted octanol–water partition coefficient (Wildman–Crippen LogP) is 3.15. The van der Waals surface area contributed by atoms with Crippen LogP contribution in [-0.4, -0.2) is 17.1 Å². The van der Waals surface area contributed by atoms with Gasteiger partial charge < -0.3 is 9.72 Å². The van der Waals surface area contributed by atoms with Gasteiger partial charge in [-0.1, -0.05) is 12.1 Å². The number of rotatable bonds is 2. The molecule has 106 valence electrons. The van der Waals surface area contributed by atoms with Crippen molar-refractivity contribution >= 4 is 21.6 Å². The maximum absolute atomic E-state index is 12.4. The molecule has 0 bridgehead atoms. The van der Waals surface area contributed by atoms with Crippen molar-refractivity contribution in [3.05, 3.63) is 45.1 Å². The summed E-state index contributed by atoms with van der Waals surface area (Å²) in [4.78, 5) is 22.2. The molecule has 0 saturated carbocycles. The van der Waals surface area contributed by atoms with E-state index < -0.39 is 0 Å². The van der Waals surface area contributed by atoms with Crippen LogP contribution in [0.3, 0.4) is 0 Å². The Kier molecular flexibility index (Phi) is 2.82. The smallest absolute Gasteiger partial charge is 0.260 e. The van der Waals surface area contributed by atoms with E-state index in [1.807, 2.05) is 24.3 Å². The van der Waals surface area contributed by atoms with Gasteiger partial charge in [0.1, 0.15) is 16.4 Å². The molecule has 2 heterocycles. The van der Waals surface area contributed by atoms with Gasteiger partial charge in [-0.15, -0.1) is 11.3 Å². The second kappa shape index (κ2) is 4.70. The predicted molar refractivity (Wildman–Crippen MR) is 84.3 cm³/mol. The highest BCUT2D eigenvalue weighted by atomic mass is 32.1. The van der Waals surface area contributed by atoms with Crippen LogP contribution in [0.5, 0.6) is 5.75 Å². The van der Waals surface area contributed by atoms with Gasteiger partial charge in [0, 0.05) is 10.4 Å². The van der Waals surface area contributed by atoms with Crippen molar-refractivity contribution in [3.8, 4) is 17.1 Å². The molecular weight excluding hydrogens is 284 g/mol. The molecule has 1 aromatic carbocycles. The van der Waals surface area contributed by atoms with Crippen LogP contribution in [0.1, 0.15) is 16.9 Å². The Bertz CT molecular complexity index is 895. The second-order valence-corrected chi connectivity index (χ2v) is 6.27. The zero-order valence-electron chi connectivity index (χ0n) is 11.6. The van der Waals surface area contributed by atoms with Crippen LogP contribution >= 0.6 is 11.3 Å². The molecule has 0 atom stereocenters. The summed E-state index contributed by atoms with van der Waals surface area (Å²) in [5, 5.41) is 0.791. The van der Waals surface area contributed by atoms with E-state index in [2.05, 4.69) is 9.97 Å². The summed E-state index contributed by atoms with van der Waals surface area (Å²) in [6, 6.07) is 7.58. The minimum Gasteiger partial charge on any atom is -0.497 e. The molecule has 0 fully saturated rings. The molecule has 4 rings (SSSR count). The fraction of sp³-hybridized carbons (Fsp3) is 0.250. The van der Waals surface area contributed by atoms with Crippen molar-refractivity contribution in [2.24, 2.45) is 0 Å². The molecule has 0 unspecified atom stereocenters. The van der Waals surface area contributed by atoms with Crippen LogP contribution in [0, 0.1) is 0 Å². The van der Waals surface area contributed by atoms with Crippen LogP contribution < -0.4 is 10.3 Å². The number of nitrogens with one attached hydrogen (secondary N) is 1. The van der Waals surface area contributed by atoms with Gasteiger partial charge in [0.2, 0.25) is 0 Å². The summed E-state index contributed by atoms with van der Waals surface area (Å²) in [7, 11) is 1.63. The lowest BCUT2D eigenvalue weighted by Gasteiger charge is -2.04. The number of hydrogen-bond donors (Lipinski definition) is 1. The largest absolute Gasteiger partial charge is 0.497 e. The van der Waals surface area contributed by atoms with Gasteiger partial charge in [-0.2, -0.15) is 0 Å². The SMILES string of the molecule is COc1cccc(-c2nc3sc4c(c3c(=O)[nH]2)CCC4)c1. The Morgan fingerprint density at radius 1 is 1.33 bits per heavy atom. The lowest BCUT2D eigenvalue weighted by atomic mass is 10.2. The molecular formula is C16H14N2O2S. The van der Waals surface area contributed by atoms with E-state index in [0.29, 0.717) is 5.82 Å². The minimum absolute atomic E-state index is 0.0304. The number of aromatic amines is 1. The zero-order chi connectivity index (χ0) is 14.4. The third-order valence-corrected chi connectivity index (χ3v) is 5.10. The van der Waals surface area contributed by atoms with Gasteiger partial charge in [-0.05, 0) is 37.0 Å². The summed E-state index contributed by atoms with van der Waals surface area (Å²) >= 11 is 1.66. The molecule has 3 aromatic rings. The first-order valence-electron chi connectivity index (χ1n) is 6.95. The van der Waals surface area contributed by atoms with E-state index in [1.165, 1.54) is 10.4 Å². The Hall–Kier alpha value is -2.14. The fourth-order valence-corrected chi connectivity index (χ4v) is 4.17. The topological polar surface area (TPSA) is 55.0 Å². The number of H-pyrrole nitrogens is 1. The molecule has 4 nitrogen and oxygen atoms in total. The molecule has 0 spiro atoms. The van der Waals surface area contributed by atoms with E-state index in [4.69, 9.17) is 4.74 Å². The Balaban J connectivity index is 1.93. The van der Waals surface area contributed by atoms with E-state index in [1.54, 1.807) is 18.4 Å². The number of benzene rings is 1. The van der Waals surface area contributed by atoms with Crippen LogP contribution in [-0.2, 0) is 12.8 Å². The first-order valence-corrected chi connectivity index (χ1v) is 7.77. The number of nitrogens with zero attached hydrogens (tertiary/aromatic N) is 1. The van der Waals surface area contributed by atoms with Crippen molar-refractivity contribution in [1.29, 1.82) is 0 Å². The lowest BCUT2D eigenvalue weighted by molar-refractivity contribution is 0.415. The first kappa shape index (κ1) is 12.6. The molecule has 0 radical (unpaired) electrons. The molecule has 1 aliphatic rings. The number of aryl methyl sites for hydroxylation is 2. The van der Waals surface area contributed by atoms with Crippen molar-refractivity contribution in [2.75, 3.05) is 7.11 Å². The molecule has 1 aliphatic carbocycles. The van der Waals surface area contributed by atoms with E-state index in [-0.39, 0.29) is 5.56 Å². The van der Waals surface area contributed by atoms with Crippen molar-refractivity contribution < 1.29 is 4.74 Å². The maximum atomic E-state index is 12.4. The maximum Gasteiger partial charge on any atom is 0.260 e. The molecule has 2 aromatic heterocycles. The summed E-state index contributed by atoms with van der Waals surface area (Å²) in [6.07, 6.45) is 3.22. The van der Waals surface area contributed by atoms with Gasteiger partial charge in [0.05, 0.1) is 12.5 Å². The number of fused-ring (bicyclic) bond motifs is 3. The van der Waals surface area contributed by atoms with E-state index in [9.17, 15) is 4.79 Å².